The van der Waals surface area contributed by atoms with Crippen molar-refractivity contribution in [2.45, 2.75) is 32.9 Å². The molecule has 0 saturated carbocycles. The van der Waals surface area contributed by atoms with Crippen LogP contribution in [0.4, 0.5) is 0 Å². The van der Waals surface area contributed by atoms with Crippen LogP contribution < -0.4 is 5.32 Å². The maximum absolute atomic E-state index is 6.34. The zero-order valence-electron chi connectivity index (χ0n) is 11.4. The van der Waals surface area contributed by atoms with Gasteiger partial charge < -0.3 is 5.32 Å². The first-order valence-corrected chi connectivity index (χ1v) is 7.15. The summed E-state index contributed by atoms with van der Waals surface area (Å²) in [6.07, 6.45) is 2.78. The van der Waals surface area contributed by atoms with E-state index in [1.165, 1.54) is 5.56 Å². The Labute approximate surface area is 119 Å². The number of benzene rings is 1. The molecule has 0 radical (unpaired) electrons. The molecular weight excluding hydrogens is 258 g/mol. The number of halogens is 1. The fourth-order valence-corrected chi connectivity index (χ4v) is 2.52. The lowest BCUT2D eigenvalue weighted by Gasteiger charge is -2.20. The van der Waals surface area contributed by atoms with Crippen molar-refractivity contribution < 1.29 is 0 Å². The normalized spacial score (nSPS) is 12.6. The van der Waals surface area contributed by atoms with Crippen molar-refractivity contribution in [2.24, 2.45) is 0 Å². The van der Waals surface area contributed by atoms with Crippen LogP contribution >= 0.6 is 11.6 Å². The van der Waals surface area contributed by atoms with Crippen molar-refractivity contribution in [3.63, 3.8) is 0 Å². The summed E-state index contributed by atoms with van der Waals surface area (Å²) in [5.74, 6) is 0. The Morgan fingerprint density at radius 3 is 2.63 bits per heavy atom. The van der Waals surface area contributed by atoms with E-state index in [0.717, 1.165) is 30.2 Å². The standard InChI is InChI=1S/C15H20ClN3/c1-3-10-19-15(13(16)11-18-19)14(17-4-2)12-8-6-5-7-9-12/h5-9,11,14,17H,3-4,10H2,1-2H3. The fraction of sp³-hybridized carbons (Fsp3) is 0.400. The Morgan fingerprint density at radius 2 is 2.00 bits per heavy atom. The molecule has 102 valence electrons. The second kappa shape index (κ2) is 6.73. The zero-order valence-corrected chi connectivity index (χ0v) is 12.2. The minimum atomic E-state index is 0.0905. The third-order valence-corrected chi connectivity index (χ3v) is 3.37. The van der Waals surface area contributed by atoms with Crippen molar-refractivity contribution in [1.82, 2.24) is 15.1 Å². The molecule has 19 heavy (non-hydrogen) atoms. The molecule has 2 aromatic rings. The number of hydrogen-bond acceptors (Lipinski definition) is 2. The van der Waals surface area contributed by atoms with E-state index in [0.29, 0.717) is 0 Å². The molecule has 0 aliphatic heterocycles. The topological polar surface area (TPSA) is 29.9 Å². The summed E-state index contributed by atoms with van der Waals surface area (Å²) < 4.78 is 2.00. The predicted molar refractivity (Wildman–Crippen MR) is 79.5 cm³/mol. The predicted octanol–water partition coefficient (Wildman–Crippen LogP) is 3.65. The van der Waals surface area contributed by atoms with Gasteiger partial charge in [0.25, 0.3) is 0 Å². The Kier molecular flexibility index (Phi) is 5.00. The first-order chi connectivity index (χ1) is 9.27. The first kappa shape index (κ1) is 14.1. The summed E-state index contributed by atoms with van der Waals surface area (Å²) in [5, 5.41) is 8.60. The molecule has 0 bridgehead atoms. The highest BCUT2D eigenvalue weighted by Gasteiger charge is 2.20. The minimum absolute atomic E-state index is 0.0905. The third kappa shape index (κ3) is 3.17. The summed E-state index contributed by atoms with van der Waals surface area (Å²) in [7, 11) is 0. The van der Waals surface area contributed by atoms with Crippen LogP contribution in [0.1, 0.15) is 37.6 Å². The number of nitrogens with zero attached hydrogens (tertiary/aromatic N) is 2. The monoisotopic (exact) mass is 277 g/mol. The SMILES string of the molecule is CCCn1ncc(Cl)c1C(NCC)c1ccccc1. The van der Waals surface area contributed by atoms with Crippen LogP contribution in [0.2, 0.25) is 5.02 Å². The van der Waals surface area contributed by atoms with Crippen molar-refractivity contribution >= 4 is 11.6 Å². The second-order valence-corrected chi connectivity index (χ2v) is 4.91. The highest BCUT2D eigenvalue weighted by atomic mass is 35.5. The molecule has 4 heteroatoms. The van der Waals surface area contributed by atoms with Gasteiger partial charge in [-0.25, -0.2) is 0 Å². The summed E-state index contributed by atoms with van der Waals surface area (Å²) in [6.45, 7) is 6.01. The van der Waals surface area contributed by atoms with Gasteiger partial charge in [0.15, 0.2) is 0 Å². The molecular formula is C15H20ClN3. The molecule has 2 rings (SSSR count). The number of rotatable bonds is 6. The number of hydrogen-bond donors (Lipinski definition) is 1. The van der Waals surface area contributed by atoms with Gasteiger partial charge in [0, 0.05) is 6.54 Å². The maximum Gasteiger partial charge on any atom is 0.0837 e. The molecule has 1 unspecified atom stereocenters. The van der Waals surface area contributed by atoms with E-state index in [9.17, 15) is 0 Å². The van der Waals surface area contributed by atoms with Gasteiger partial charge in [-0.2, -0.15) is 5.10 Å². The lowest BCUT2D eigenvalue weighted by atomic mass is 10.0. The van der Waals surface area contributed by atoms with Gasteiger partial charge >= 0.3 is 0 Å². The van der Waals surface area contributed by atoms with E-state index in [1.807, 2.05) is 22.9 Å². The van der Waals surface area contributed by atoms with E-state index in [4.69, 9.17) is 11.6 Å². The zero-order chi connectivity index (χ0) is 13.7. The number of nitrogens with one attached hydrogen (secondary N) is 1. The van der Waals surface area contributed by atoms with Crippen LogP contribution in [0.15, 0.2) is 36.5 Å². The van der Waals surface area contributed by atoms with E-state index < -0.39 is 0 Å². The van der Waals surface area contributed by atoms with Crippen LogP contribution in [0.5, 0.6) is 0 Å². The van der Waals surface area contributed by atoms with Gasteiger partial charge in [0.05, 0.1) is 23.0 Å². The molecule has 3 nitrogen and oxygen atoms in total. The van der Waals surface area contributed by atoms with Gasteiger partial charge in [0.1, 0.15) is 0 Å². The number of aromatic nitrogens is 2. The van der Waals surface area contributed by atoms with Crippen LogP contribution in [-0.2, 0) is 6.54 Å². The molecule has 1 N–H and O–H groups in total. The molecule has 0 fully saturated rings. The van der Waals surface area contributed by atoms with Gasteiger partial charge in [0.2, 0.25) is 0 Å². The van der Waals surface area contributed by atoms with Crippen molar-refractivity contribution in [3.8, 4) is 0 Å². The molecule has 0 amide bonds. The van der Waals surface area contributed by atoms with Gasteiger partial charge in [-0.15, -0.1) is 0 Å². The van der Waals surface area contributed by atoms with Crippen molar-refractivity contribution in [2.75, 3.05) is 6.54 Å². The van der Waals surface area contributed by atoms with E-state index in [-0.39, 0.29) is 6.04 Å². The quantitative estimate of drug-likeness (QED) is 0.874. The van der Waals surface area contributed by atoms with Crippen LogP contribution in [0.3, 0.4) is 0 Å². The number of aryl methyl sites for hydroxylation is 1. The van der Waals surface area contributed by atoms with E-state index in [1.54, 1.807) is 6.20 Å². The Hall–Kier alpha value is -1.32. The van der Waals surface area contributed by atoms with Crippen molar-refractivity contribution in [3.05, 3.63) is 52.8 Å². The summed E-state index contributed by atoms with van der Waals surface area (Å²) in [5.41, 5.74) is 2.26. The summed E-state index contributed by atoms with van der Waals surface area (Å²) in [6, 6.07) is 10.5. The molecule has 0 aliphatic rings. The van der Waals surface area contributed by atoms with E-state index >= 15 is 0 Å². The molecule has 1 heterocycles. The van der Waals surface area contributed by atoms with Crippen LogP contribution in [-0.4, -0.2) is 16.3 Å². The molecule has 1 aromatic carbocycles. The van der Waals surface area contributed by atoms with Gasteiger partial charge in [-0.05, 0) is 18.5 Å². The van der Waals surface area contributed by atoms with Gasteiger partial charge in [-0.3, -0.25) is 4.68 Å². The fourth-order valence-electron chi connectivity index (χ4n) is 2.27. The maximum atomic E-state index is 6.34. The average molecular weight is 278 g/mol. The van der Waals surface area contributed by atoms with Gasteiger partial charge in [-0.1, -0.05) is 55.8 Å². The highest BCUT2D eigenvalue weighted by Crippen LogP contribution is 2.28. The smallest absolute Gasteiger partial charge is 0.0837 e. The van der Waals surface area contributed by atoms with Crippen LogP contribution in [0, 0.1) is 0 Å². The first-order valence-electron chi connectivity index (χ1n) is 6.77. The molecule has 0 aliphatic carbocycles. The molecule has 1 atom stereocenters. The third-order valence-electron chi connectivity index (χ3n) is 3.08. The van der Waals surface area contributed by atoms with Crippen molar-refractivity contribution in [1.29, 1.82) is 0 Å². The lowest BCUT2D eigenvalue weighted by Crippen LogP contribution is -2.25. The largest absolute Gasteiger partial charge is 0.305 e. The summed E-state index contributed by atoms with van der Waals surface area (Å²) in [4.78, 5) is 0. The van der Waals surface area contributed by atoms with E-state index in [2.05, 4.69) is 36.4 Å². The molecule has 0 spiro atoms. The Balaban J connectivity index is 2.42. The average Bonchev–Trinajstić information content (AvgIpc) is 2.79. The Morgan fingerprint density at radius 1 is 1.26 bits per heavy atom. The highest BCUT2D eigenvalue weighted by molar-refractivity contribution is 6.31. The molecule has 0 saturated heterocycles. The summed E-state index contributed by atoms with van der Waals surface area (Å²) >= 11 is 6.34. The molecule has 1 aromatic heterocycles. The minimum Gasteiger partial charge on any atom is -0.305 e. The lowest BCUT2D eigenvalue weighted by molar-refractivity contribution is 0.520. The second-order valence-electron chi connectivity index (χ2n) is 4.50. The Bertz CT molecular complexity index is 507. The van der Waals surface area contributed by atoms with Crippen LogP contribution in [0.25, 0.3) is 0 Å².